The van der Waals surface area contributed by atoms with E-state index in [-0.39, 0.29) is 5.97 Å². The van der Waals surface area contributed by atoms with Crippen LogP contribution >= 0.6 is 8.37 Å². The Morgan fingerprint density at radius 1 is 2.00 bits per heavy atom. The van der Waals surface area contributed by atoms with Crippen LogP contribution in [0.4, 0.5) is 0 Å². The first-order valence-electron chi connectivity index (χ1n) is 3.40. The van der Waals surface area contributed by atoms with E-state index in [1.54, 1.807) is 13.0 Å². The van der Waals surface area contributed by atoms with Crippen LogP contribution in [0.1, 0.15) is 6.92 Å². The molecule has 0 saturated heterocycles. The van der Waals surface area contributed by atoms with Crippen LogP contribution in [-0.4, -0.2) is 18.7 Å². The summed E-state index contributed by atoms with van der Waals surface area (Å²) in [5.74, 6) is -0.340. The summed E-state index contributed by atoms with van der Waals surface area (Å²) < 4.78 is 11.0. The summed E-state index contributed by atoms with van der Waals surface area (Å²) in [5.41, 5.74) is 0. The molecule has 0 rings (SSSR count). The topological polar surface area (TPSA) is 50.2 Å². The van der Waals surface area contributed by atoms with Crippen molar-refractivity contribution >= 4 is 14.3 Å². The molecule has 1 N–H and O–H groups in total. The molecule has 0 unspecified atom stereocenters. The number of ether oxygens (including phenoxy) is 1. The predicted octanol–water partition coefficient (Wildman–Crippen LogP) is 1.81. The Kier molecular flexibility index (Phi) is 4.77. The van der Waals surface area contributed by atoms with Crippen LogP contribution in [0.2, 0.25) is 1.41 Å². The van der Waals surface area contributed by atoms with E-state index in [1.807, 2.05) is 0 Å². The molecule has 3 nitrogen and oxygen atoms in total. The second-order valence-electron chi connectivity index (χ2n) is 1.48. The number of rotatable bonds is 4. The molecule has 0 bridgehead atoms. The largest absolute Gasteiger partial charge is 0.463 e. The minimum Gasteiger partial charge on any atom is -0.463 e. The van der Waals surface area contributed by atoms with Gasteiger partial charge in [-0.25, -0.2) is 4.79 Å². The first-order valence-corrected chi connectivity index (χ1v) is 3.98. The normalized spacial score (nSPS) is 12.3. The number of hydrogen-bond acceptors (Lipinski definition) is 3. The maximum atomic E-state index is 10.6. The van der Waals surface area contributed by atoms with Crippen LogP contribution in [0.3, 0.4) is 0 Å². The molecule has 0 amide bonds. The molecule has 0 aromatic rings. The molecule has 0 aliphatic heterocycles. The molecular weight excluding hydrogens is 149 g/mol. The molecule has 4 heteroatoms. The Morgan fingerprint density at radius 2 is 2.80 bits per heavy atom. The lowest BCUT2D eigenvalue weighted by Gasteiger charge is -1.92. The molecule has 0 radical (unpaired) electrons. The van der Waals surface area contributed by atoms with Crippen LogP contribution in [0, 0.1) is 5.15 Å². The zero-order valence-corrected chi connectivity index (χ0v) is 6.67. The van der Waals surface area contributed by atoms with Gasteiger partial charge in [-0.15, -0.1) is 0 Å². The first-order chi connectivity index (χ1) is 5.31. The Morgan fingerprint density at radius 3 is 3.40 bits per heavy atom. The third-order valence-corrected chi connectivity index (χ3v) is 1.10. The van der Waals surface area contributed by atoms with Crippen molar-refractivity contribution in [2.24, 2.45) is 0 Å². The highest BCUT2D eigenvalue weighted by Gasteiger charge is 1.90. The summed E-state index contributed by atoms with van der Waals surface area (Å²) in [6.07, 6.45) is 3.57. The van der Waals surface area contributed by atoms with Crippen molar-refractivity contribution in [1.82, 2.24) is 0 Å². The molecule has 0 saturated carbocycles. The van der Waals surface area contributed by atoms with Gasteiger partial charge in [0.05, 0.1) is 6.61 Å². The van der Waals surface area contributed by atoms with Gasteiger partial charge in [0.15, 0.2) is 1.41 Å². The Bertz CT molecular complexity index is 170. The van der Waals surface area contributed by atoms with Crippen LogP contribution in [0.15, 0.2) is 12.2 Å². The van der Waals surface area contributed by atoms with Crippen LogP contribution in [0.25, 0.3) is 0 Å². The molecule has 0 spiro atoms. The zero-order valence-electron chi connectivity index (χ0n) is 6.78. The smallest absolute Gasteiger partial charge is 0.330 e. The lowest BCUT2D eigenvalue weighted by molar-refractivity contribution is -0.137. The highest BCUT2D eigenvalue weighted by molar-refractivity contribution is 7.25. The summed E-state index contributed by atoms with van der Waals surface area (Å²) in [6, 6.07) is 0. The van der Waals surface area contributed by atoms with Crippen molar-refractivity contribution in [3.8, 4) is 0 Å². The van der Waals surface area contributed by atoms with E-state index in [4.69, 9.17) is 1.41 Å². The molecule has 0 aliphatic rings. The summed E-state index contributed by atoms with van der Waals surface area (Å²) in [5, 5.41) is 3.10. The molecule has 10 heavy (non-hydrogen) atoms. The van der Waals surface area contributed by atoms with E-state index in [0.717, 1.165) is 0 Å². The summed E-state index contributed by atoms with van der Waals surface area (Å²) in [6.45, 7) is 2.15. The number of carbonyl (C=O) groups excluding carboxylic acids is 1. The molecule has 56 valence electrons. The minimum absolute atomic E-state index is 0.340. The summed E-state index contributed by atoms with van der Waals surface area (Å²) in [4.78, 5) is 10.6. The number of nitrogens with one attached hydrogen (secondary N) is 1. The molecule has 0 aromatic heterocycles. The molecule has 0 heterocycles. The fraction of sp³-hybridized carbons (Fsp3) is 0.500. The van der Waals surface area contributed by atoms with E-state index >= 15 is 0 Å². The molecule has 0 aromatic carbocycles. The average Bonchev–Trinajstić information content (AvgIpc) is 1.99. The highest BCUT2D eigenvalue weighted by Crippen LogP contribution is 1.92. The monoisotopic (exact) mass is 159 g/mol. The second kappa shape index (κ2) is 6.43. The quantitative estimate of drug-likeness (QED) is 0.386. The minimum atomic E-state index is -0.340. The third-order valence-electron chi connectivity index (χ3n) is 0.728. The van der Waals surface area contributed by atoms with Gasteiger partial charge >= 0.3 is 5.97 Å². The van der Waals surface area contributed by atoms with Crippen molar-refractivity contribution in [2.45, 2.75) is 6.92 Å². The van der Waals surface area contributed by atoms with E-state index in [0.29, 0.717) is 21.1 Å². The van der Waals surface area contributed by atoms with Gasteiger partial charge in [-0.2, -0.15) is 0 Å². The van der Waals surface area contributed by atoms with Gasteiger partial charge in [-0.05, 0) is 6.92 Å². The van der Waals surface area contributed by atoms with Gasteiger partial charge in [-0.3, -0.25) is 5.15 Å². The van der Waals surface area contributed by atoms with Crippen molar-refractivity contribution in [2.75, 3.05) is 12.8 Å². The Hall–Kier alpha value is -0.690. The SMILES string of the molecule is [1H]N=PCC=CC(=O)OCC. The molecule has 0 fully saturated rings. The van der Waals surface area contributed by atoms with Crippen molar-refractivity contribution in [1.29, 1.82) is 5.15 Å². The second-order valence-corrected chi connectivity index (χ2v) is 2.13. The van der Waals surface area contributed by atoms with E-state index in [9.17, 15) is 4.79 Å². The Labute approximate surface area is 63.2 Å². The first kappa shape index (κ1) is 7.42. The summed E-state index contributed by atoms with van der Waals surface area (Å²) >= 11 is 0. The van der Waals surface area contributed by atoms with E-state index in [1.165, 1.54) is 6.08 Å². The standard InChI is InChI=1S/C6H10NO2P/c1-2-9-6(8)4-3-5-10-7/h3-4,7H,2,5H2,1H3/i/hH. The van der Waals surface area contributed by atoms with Crippen molar-refractivity contribution in [3.05, 3.63) is 12.2 Å². The average molecular weight is 159 g/mol. The third kappa shape index (κ3) is 5.45. The number of carbonyl (C=O) groups is 1. The maximum absolute atomic E-state index is 10.6. The van der Waals surface area contributed by atoms with Gasteiger partial charge in [0, 0.05) is 20.6 Å². The lowest BCUT2D eigenvalue weighted by atomic mass is 10.5. The van der Waals surface area contributed by atoms with Crippen LogP contribution in [-0.2, 0) is 9.53 Å². The molecular formula is C6H10NO2P. The highest BCUT2D eigenvalue weighted by atomic mass is 31.1. The van der Waals surface area contributed by atoms with Gasteiger partial charge in [0.2, 0.25) is 0 Å². The van der Waals surface area contributed by atoms with E-state index < -0.39 is 0 Å². The fourth-order valence-corrected chi connectivity index (χ4v) is 0.586. The Balaban J connectivity index is 3.48. The van der Waals surface area contributed by atoms with Gasteiger partial charge in [-0.1, -0.05) is 6.08 Å². The van der Waals surface area contributed by atoms with Gasteiger partial charge < -0.3 is 4.74 Å². The zero-order chi connectivity index (χ0) is 8.53. The fourth-order valence-electron chi connectivity index (χ4n) is 0.386. The van der Waals surface area contributed by atoms with Gasteiger partial charge in [0.25, 0.3) is 0 Å². The van der Waals surface area contributed by atoms with Crippen LogP contribution in [0.5, 0.6) is 0 Å². The molecule has 0 atom stereocenters. The van der Waals surface area contributed by atoms with Crippen LogP contribution < -0.4 is 0 Å². The van der Waals surface area contributed by atoms with E-state index in [2.05, 4.69) is 9.89 Å². The number of hydrogen-bond donors (Lipinski definition) is 1. The van der Waals surface area contributed by atoms with Gasteiger partial charge in [0.1, 0.15) is 0 Å². The predicted molar refractivity (Wildman–Crippen MR) is 40.3 cm³/mol. The number of allylic oxidation sites excluding steroid dienone is 1. The maximum Gasteiger partial charge on any atom is 0.330 e. The lowest BCUT2D eigenvalue weighted by Crippen LogP contribution is -1.98. The van der Waals surface area contributed by atoms with Crippen molar-refractivity contribution < 1.29 is 10.9 Å². The summed E-state index contributed by atoms with van der Waals surface area (Å²) in [7, 11) is 0.639. The van der Waals surface area contributed by atoms with Crippen molar-refractivity contribution in [3.63, 3.8) is 0 Å². The molecule has 0 aliphatic carbocycles. The number of esters is 1.